The highest BCUT2D eigenvalue weighted by molar-refractivity contribution is 9.10. The molecule has 0 amide bonds. The van der Waals surface area contributed by atoms with Gasteiger partial charge in [0.2, 0.25) is 9.84 Å². The molecule has 0 radical (unpaired) electrons. The van der Waals surface area contributed by atoms with Gasteiger partial charge in [0.15, 0.2) is 5.03 Å². The first-order valence-corrected chi connectivity index (χ1v) is 12.6. The average Bonchev–Trinajstić information content (AvgIpc) is 2.85. The van der Waals surface area contributed by atoms with Gasteiger partial charge in [0.25, 0.3) is 5.56 Å². The number of aromatic nitrogens is 2. The molecule has 0 atom stereocenters. The normalized spacial score (nSPS) is 11.2. The molecule has 1 heterocycles. The number of hydrogen-bond acceptors (Lipinski definition) is 6. The van der Waals surface area contributed by atoms with Gasteiger partial charge >= 0.3 is 5.97 Å². The minimum Gasteiger partial charge on any atom is -0.462 e. The van der Waals surface area contributed by atoms with Gasteiger partial charge in [-0.15, -0.1) is 0 Å². The van der Waals surface area contributed by atoms with Crippen LogP contribution in [0.15, 0.2) is 104 Å². The molecule has 0 unspecified atom stereocenters. The molecule has 172 valence electrons. The van der Waals surface area contributed by atoms with Gasteiger partial charge in [-0.05, 0) is 48.9 Å². The predicted octanol–water partition coefficient (Wildman–Crippen LogP) is 4.67. The van der Waals surface area contributed by atoms with Gasteiger partial charge in [-0.3, -0.25) is 4.79 Å². The summed E-state index contributed by atoms with van der Waals surface area (Å²) in [7, 11) is -4.23. The molecule has 3 aromatic carbocycles. The summed E-state index contributed by atoms with van der Waals surface area (Å²) in [5, 5.41) is 3.87. The van der Waals surface area contributed by atoms with E-state index in [9.17, 15) is 18.0 Å². The van der Waals surface area contributed by atoms with Crippen LogP contribution in [0.3, 0.4) is 0 Å². The average molecular weight is 539 g/mol. The van der Waals surface area contributed by atoms with Crippen molar-refractivity contribution < 1.29 is 17.9 Å². The van der Waals surface area contributed by atoms with Gasteiger partial charge < -0.3 is 4.74 Å². The van der Waals surface area contributed by atoms with E-state index >= 15 is 0 Å². The third-order valence-corrected chi connectivity index (χ3v) is 7.20. The van der Waals surface area contributed by atoms with Crippen molar-refractivity contribution in [3.05, 3.63) is 105 Å². The highest BCUT2D eigenvalue weighted by atomic mass is 79.9. The van der Waals surface area contributed by atoms with Crippen molar-refractivity contribution in [1.82, 2.24) is 9.78 Å². The van der Waals surface area contributed by atoms with Crippen molar-refractivity contribution in [2.75, 3.05) is 6.61 Å². The molecule has 0 aliphatic rings. The van der Waals surface area contributed by atoms with Crippen molar-refractivity contribution in [1.29, 1.82) is 0 Å². The van der Waals surface area contributed by atoms with Gasteiger partial charge in [-0.1, -0.05) is 64.5 Å². The summed E-state index contributed by atoms with van der Waals surface area (Å²) in [6.07, 6.45) is 0. The van der Waals surface area contributed by atoms with E-state index in [-0.39, 0.29) is 17.1 Å². The van der Waals surface area contributed by atoms with Crippen LogP contribution in [0.1, 0.15) is 17.3 Å². The van der Waals surface area contributed by atoms with Crippen molar-refractivity contribution in [2.24, 2.45) is 0 Å². The number of carbonyl (C=O) groups is 1. The SMILES string of the molecule is CCOC(=O)c1c(-c2ccccc2)c(S(=O)(=O)c2ccccc2)nn(-c2ccc(Br)cc2)c1=O. The Hall–Kier alpha value is -3.56. The first-order valence-electron chi connectivity index (χ1n) is 10.3. The predicted molar refractivity (Wildman–Crippen MR) is 131 cm³/mol. The minimum absolute atomic E-state index is 0.00782. The van der Waals surface area contributed by atoms with E-state index in [1.54, 1.807) is 79.7 Å². The Kier molecular flexibility index (Phi) is 6.76. The maximum atomic E-state index is 13.8. The van der Waals surface area contributed by atoms with Crippen LogP contribution in [0.4, 0.5) is 0 Å². The minimum atomic E-state index is -4.23. The lowest BCUT2D eigenvalue weighted by Gasteiger charge is -2.17. The second-order valence-electron chi connectivity index (χ2n) is 7.15. The van der Waals surface area contributed by atoms with E-state index in [0.29, 0.717) is 11.3 Å². The zero-order valence-corrected chi connectivity index (χ0v) is 20.4. The Balaban J connectivity index is 2.16. The van der Waals surface area contributed by atoms with Crippen LogP contribution in [0.2, 0.25) is 0 Å². The molecule has 0 aliphatic carbocycles. The fraction of sp³-hybridized carbons (Fsp3) is 0.0800. The molecule has 9 heteroatoms. The summed E-state index contributed by atoms with van der Waals surface area (Å²) in [6.45, 7) is 1.62. The molecule has 4 aromatic rings. The fourth-order valence-electron chi connectivity index (χ4n) is 3.43. The highest BCUT2D eigenvalue weighted by Gasteiger charge is 2.32. The quantitative estimate of drug-likeness (QED) is 0.331. The molecule has 7 nitrogen and oxygen atoms in total. The van der Waals surface area contributed by atoms with E-state index in [4.69, 9.17) is 4.74 Å². The number of sulfone groups is 1. The Labute approximate surface area is 204 Å². The van der Waals surface area contributed by atoms with Gasteiger partial charge in [-0.2, -0.15) is 9.78 Å². The topological polar surface area (TPSA) is 95.3 Å². The molecular weight excluding hydrogens is 520 g/mol. The molecule has 1 aromatic heterocycles. The van der Waals surface area contributed by atoms with E-state index in [0.717, 1.165) is 9.15 Å². The van der Waals surface area contributed by atoms with E-state index in [1.807, 2.05) is 0 Å². The third kappa shape index (κ3) is 4.44. The molecule has 0 saturated heterocycles. The number of rotatable bonds is 6. The van der Waals surface area contributed by atoms with Gasteiger partial charge in [0, 0.05) is 10.0 Å². The van der Waals surface area contributed by atoms with Crippen molar-refractivity contribution in [3.8, 4) is 16.8 Å². The lowest BCUT2D eigenvalue weighted by molar-refractivity contribution is 0.0524. The Morgan fingerprint density at radius 2 is 1.53 bits per heavy atom. The maximum absolute atomic E-state index is 13.8. The van der Waals surface area contributed by atoms with Crippen LogP contribution in [-0.2, 0) is 14.6 Å². The van der Waals surface area contributed by atoms with E-state index < -0.39 is 32.0 Å². The number of carbonyl (C=O) groups excluding carboxylic acids is 1. The molecule has 0 bridgehead atoms. The highest BCUT2D eigenvalue weighted by Crippen LogP contribution is 2.32. The van der Waals surface area contributed by atoms with E-state index in [1.165, 1.54) is 12.1 Å². The largest absolute Gasteiger partial charge is 0.462 e. The number of nitrogens with zero attached hydrogens (tertiary/aromatic N) is 2. The Bertz CT molecular complexity index is 1500. The van der Waals surface area contributed by atoms with Gasteiger partial charge in [0.1, 0.15) is 5.56 Å². The number of ether oxygens (including phenoxy) is 1. The van der Waals surface area contributed by atoms with Crippen molar-refractivity contribution >= 4 is 31.7 Å². The second kappa shape index (κ2) is 9.74. The first kappa shape index (κ1) is 23.6. The molecule has 0 saturated carbocycles. The van der Waals surface area contributed by atoms with Crippen LogP contribution in [0.25, 0.3) is 16.8 Å². The van der Waals surface area contributed by atoms with Crippen LogP contribution >= 0.6 is 15.9 Å². The lowest BCUT2D eigenvalue weighted by atomic mass is 10.0. The number of halogens is 1. The van der Waals surface area contributed by atoms with Crippen LogP contribution in [0, 0.1) is 0 Å². The summed E-state index contributed by atoms with van der Waals surface area (Å²) in [6, 6.07) is 22.6. The zero-order chi connectivity index (χ0) is 24.3. The third-order valence-electron chi connectivity index (χ3n) is 4.98. The molecular formula is C25H19BrN2O5S. The second-order valence-corrected chi connectivity index (χ2v) is 9.93. The summed E-state index contributed by atoms with van der Waals surface area (Å²) in [5.74, 6) is -0.927. The molecule has 0 fully saturated rings. The summed E-state index contributed by atoms with van der Waals surface area (Å²) in [5.41, 5.74) is -0.635. The lowest BCUT2D eigenvalue weighted by Crippen LogP contribution is -2.32. The summed E-state index contributed by atoms with van der Waals surface area (Å²) >= 11 is 3.34. The molecule has 0 aliphatic heterocycles. The van der Waals surface area contributed by atoms with Crippen LogP contribution in [-0.4, -0.2) is 30.8 Å². The Morgan fingerprint density at radius 3 is 2.12 bits per heavy atom. The van der Waals surface area contributed by atoms with Crippen molar-refractivity contribution in [2.45, 2.75) is 16.8 Å². The smallest absolute Gasteiger partial charge is 0.344 e. The standard InChI is InChI=1S/C25H19BrN2O5S/c1-2-33-25(30)22-21(17-9-5-3-6-10-17)23(34(31,32)20-11-7-4-8-12-20)27-28(24(22)29)19-15-13-18(26)14-16-19/h3-16H,2H2,1H3. The van der Waals surface area contributed by atoms with E-state index in [2.05, 4.69) is 21.0 Å². The summed E-state index contributed by atoms with van der Waals surface area (Å²) in [4.78, 5) is 26.6. The monoisotopic (exact) mass is 538 g/mol. The number of esters is 1. The van der Waals surface area contributed by atoms with Crippen LogP contribution in [0.5, 0.6) is 0 Å². The van der Waals surface area contributed by atoms with Gasteiger partial charge in [-0.25, -0.2) is 13.2 Å². The van der Waals surface area contributed by atoms with Crippen molar-refractivity contribution in [3.63, 3.8) is 0 Å². The van der Waals surface area contributed by atoms with Crippen LogP contribution < -0.4 is 5.56 Å². The molecule has 4 rings (SSSR count). The maximum Gasteiger partial charge on any atom is 0.344 e. The summed E-state index contributed by atoms with van der Waals surface area (Å²) < 4.78 is 34.4. The zero-order valence-electron chi connectivity index (χ0n) is 18.0. The first-order chi connectivity index (χ1) is 16.3. The number of benzene rings is 3. The fourth-order valence-corrected chi connectivity index (χ4v) is 5.11. The molecule has 34 heavy (non-hydrogen) atoms. The molecule has 0 spiro atoms. The Morgan fingerprint density at radius 1 is 0.941 bits per heavy atom. The molecule has 0 N–H and O–H groups in total. The number of hydrogen-bond donors (Lipinski definition) is 0. The van der Waals surface area contributed by atoms with Gasteiger partial charge in [0.05, 0.1) is 17.2 Å².